The van der Waals surface area contributed by atoms with Crippen LogP contribution in [0.4, 0.5) is 16.0 Å². The predicted octanol–water partition coefficient (Wildman–Crippen LogP) is 4.46. The maximum Gasteiger partial charge on any atom is 0.262 e. The van der Waals surface area contributed by atoms with Crippen LogP contribution in [0.1, 0.15) is 17.3 Å². The molecule has 0 spiro atoms. The highest BCUT2D eigenvalue weighted by atomic mass is 35.5. The fourth-order valence-corrected chi connectivity index (χ4v) is 3.82. The highest BCUT2D eigenvalue weighted by Gasteiger charge is 2.19. The lowest BCUT2D eigenvalue weighted by atomic mass is 10.1. The Morgan fingerprint density at radius 1 is 1.14 bits per heavy atom. The molecule has 0 aliphatic heterocycles. The minimum Gasteiger partial charge on any atom is -0.326 e. The van der Waals surface area contributed by atoms with Gasteiger partial charge < -0.3 is 5.32 Å². The lowest BCUT2D eigenvalue weighted by Gasteiger charge is -2.05. The summed E-state index contributed by atoms with van der Waals surface area (Å²) < 4.78 is 15.5. The van der Waals surface area contributed by atoms with Crippen molar-refractivity contribution in [2.24, 2.45) is 0 Å². The molecule has 146 valence electrons. The Morgan fingerprint density at radius 3 is 2.59 bits per heavy atom. The average molecular weight is 430 g/mol. The molecule has 2 amide bonds. The van der Waals surface area contributed by atoms with Gasteiger partial charge in [-0.25, -0.2) is 8.91 Å². The van der Waals surface area contributed by atoms with E-state index in [1.165, 1.54) is 30.4 Å². The molecule has 0 radical (unpaired) electrons. The second-order valence-corrected chi connectivity index (χ2v) is 7.30. The number of thiazole rings is 1. The van der Waals surface area contributed by atoms with E-state index in [2.05, 4.69) is 20.7 Å². The lowest BCUT2D eigenvalue weighted by molar-refractivity contribution is -0.114. The number of nitrogens with zero attached hydrogens (tertiary/aromatic N) is 3. The number of fused-ring (bicyclic) bond motifs is 1. The normalized spacial score (nSPS) is 10.9. The highest BCUT2D eigenvalue weighted by Crippen LogP contribution is 2.27. The summed E-state index contributed by atoms with van der Waals surface area (Å²) in [7, 11) is 0. The van der Waals surface area contributed by atoms with Crippen LogP contribution in [0.2, 0.25) is 5.02 Å². The van der Waals surface area contributed by atoms with Gasteiger partial charge >= 0.3 is 0 Å². The topological polar surface area (TPSA) is 88.4 Å². The minimum atomic E-state index is -0.729. The van der Waals surface area contributed by atoms with Gasteiger partial charge in [0.25, 0.3) is 11.9 Å². The molecule has 0 aliphatic rings. The summed E-state index contributed by atoms with van der Waals surface area (Å²) in [5.41, 5.74) is 2.03. The van der Waals surface area contributed by atoms with Crippen molar-refractivity contribution in [2.45, 2.75) is 6.92 Å². The van der Waals surface area contributed by atoms with Gasteiger partial charge in [0.15, 0.2) is 0 Å². The maximum atomic E-state index is 13.9. The number of carbonyl (C=O) groups is 2. The molecule has 2 heterocycles. The molecule has 29 heavy (non-hydrogen) atoms. The first-order valence-corrected chi connectivity index (χ1v) is 9.66. The van der Waals surface area contributed by atoms with Gasteiger partial charge in [0, 0.05) is 23.6 Å². The molecule has 0 unspecified atom stereocenters. The number of anilines is 2. The molecule has 0 saturated carbocycles. The first kappa shape index (κ1) is 19.0. The van der Waals surface area contributed by atoms with Gasteiger partial charge in [0.1, 0.15) is 5.82 Å². The summed E-state index contributed by atoms with van der Waals surface area (Å²) in [6, 6.07) is 11.2. The van der Waals surface area contributed by atoms with Gasteiger partial charge in [0.2, 0.25) is 10.9 Å². The third-order valence-electron chi connectivity index (χ3n) is 4.00. The highest BCUT2D eigenvalue weighted by molar-refractivity contribution is 7.15. The van der Waals surface area contributed by atoms with E-state index in [1.54, 1.807) is 16.6 Å². The molecule has 0 fully saturated rings. The Kier molecular flexibility index (Phi) is 4.99. The predicted molar refractivity (Wildman–Crippen MR) is 110 cm³/mol. The number of aromatic nitrogens is 3. The molecule has 2 N–H and O–H groups in total. The molecular weight excluding hydrogens is 417 g/mol. The second kappa shape index (κ2) is 7.61. The summed E-state index contributed by atoms with van der Waals surface area (Å²) in [6.07, 6.45) is 0. The first-order valence-electron chi connectivity index (χ1n) is 8.40. The largest absolute Gasteiger partial charge is 0.326 e. The Hall–Kier alpha value is -3.30. The molecule has 0 bridgehead atoms. The molecule has 4 aromatic rings. The summed E-state index contributed by atoms with van der Waals surface area (Å²) in [5, 5.41) is 11.4. The third-order valence-corrected chi connectivity index (χ3v) is 5.13. The van der Waals surface area contributed by atoms with Crippen molar-refractivity contribution in [2.75, 3.05) is 10.6 Å². The van der Waals surface area contributed by atoms with Crippen LogP contribution < -0.4 is 10.6 Å². The van der Waals surface area contributed by atoms with Crippen LogP contribution in [0, 0.1) is 5.82 Å². The van der Waals surface area contributed by atoms with Crippen molar-refractivity contribution in [3.8, 4) is 11.3 Å². The van der Waals surface area contributed by atoms with Gasteiger partial charge in [-0.2, -0.15) is 4.98 Å². The summed E-state index contributed by atoms with van der Waals surface area (Å²) >= 11 is 7.27. The Balaban J connectivity index is 1.61. The van der Waals surface area contributed by atoms with Gasteiger partial charge in [-0.3, -0.25) is 14.9 Å². The molecule has 7 nitrogen and oxygen atoms in total. The Morgan fingerprint density at radius 2 is 1.90 bits per heavy atom. The number of hydrogen-bond donors (Lipinski definition) is 2. The number of rotatable bonds is 4. The van der Waals surface area contributed by atoms with Crippen LogP contribution in [-0.4, -0.2) is 26.4 Å². The molecular formula is C19H13ClFN5O2S. The smallest absolute Gasteiger partial charge is 0.262 e. The van der Waals surface area contributed by atoms with Crippen LogP contribution in [0.5, 0.6) is 0 Å². The number of hydrogen-bond acceptors (Lipinski definition) is 5. The summed E-state index contributed by atoms with van der Waals surface area (Å²) in [4.78, 5) is 28.3. The minimum absolute atomic E-state index is 0.00321. The van der Waals surface area contributed by atoms with E-state index in [0.717, 1.165) is 17.3 Å². The van der Waals surface area contributed by atoms with Crippen LogP contribution >= 0.6 is 22.9 Å². The van der Waals surface area contributed by atoms with Crippen molar-refractivity contribution in [3.63, 3.8) is 0 Å². The molecule has 0 atom stereocenters. The molecule has 2 aromatic carbocycles. The van der Waals surface area contributed by atoms with Crippen molar-refractivity contribution >= 4 is 51.3 Å². The Bertz CT molecular complexity index is 1220. The fourth-order valence-electron chi connectivity index (χ4n) is 2.74. The van der Waals surface area contributed by atoms with E-state index in [1.807, 2.05) is 17.5 Å². The third kappa shape index (κ3) is 3.82. The number of halogens is 2. The van der Waals surface area contributed by atoms with Crippen molar-refractivity contribution in [1.29, 1.82) is 0 Å². The summed E-state index contributed by atoms with van der Waals surface area (Å²) in [5.74, 6) is -1.57. The van der Waals surface area contributed by atoms with E-state index in [4.69, 9.17) is 11.6 Å². The zero-order valence-electron chi connectivity index (χ0n) is 14.9. The number of benzene rings is 2. The average Bonchev–Trinajstić information content (AvgIpc) is 3.22. The van der Waals surface area contributed by atoms with Crippen LogP contribution in [0.15, 0.2) is 47.8 Å². The first-order chi connectivity index (χ1) is 13.9. The molecule has 0 saturated heterocycles. The van der Waals surface area contributed by atoms with E-state index in [9.17, 15) is 14.0 Å². The van der Waals surface area contributed by atoms with Gasteiger partial charge in [-0.05, 0) is 24.3 Å². The van der Waals surface area contributed by atoms with Crippen molar-refractivity contribution in [1.82, 2.24) is 14.6 Å². The van der Waals surface area contributed by atoms with Crippen LogP contribution in [0.25, 0.3) is 16.2 Å². The lowest BCUT2D eigenvalue weighted by Crippen LogP contribution is -2.15. The zero-order chi connectivity index (χ0) is 20.5. The molecule has 4 rings (SSSR count). The van der Waals surface area contributed by atoms with Crippen LogP contribution in [-0.2, 0) is 4.79 Å². The van der Waals surface area contributed by atoms with Crippen LogP contribution in [0.3, 0.4) is 0 Å². The maximum absolute atomic E-state index is 13.9. The molecule has 2 aromatic heterocycles. The van der Waals surface area contributed by atoms with Gasteiger partial charge in [-0.15, -0.1) is 16.4 Å². The number of carbonyl (C=O) groups excluding carboxylic acids is 2. The number of amides is 2. The van der Waals surface area contributed by atoms with E-state index in [0.29, 0.717) is 10.6 Å². The fraction of sp³-hybridized carbons (Fsp3) is 0.0526. The van der Waals surface area contributed by atoms with E-state index < -0.39 is 11.7 Å². The molecule has 0 aliphatic carbocycles. The van der Waals surface area contributed by atoms with E-state index in [-0.39, 0.29) is 22.4 Å². The van der Waals surface area contributed by atoms with Crippen molar-refractivity contribution < 1.29 is 14.0 Å². The second-order valence-electron chi connectivity index (χ2n) is 6.06. The SMILES string of the molecule is CC(=O)Nc1ccc(-c2csc3nc(NC(=O)c4c(F)cccc4Cl)nn23)cc1. The molecule has 10 heteroatoms. The quantitative estimate of drug-likeness (QED) is 0.501. The summed E-state index contributed by atoms with van der Waals surface area (Å²) in [6.45, 7) is 1.44. The standard InChI is InChI=1S/C19H13ClFN5O2S/c1-10(27)22-12-7-5-11(6-8-12)15-9-29-19-24-18(25-26(15)19)23-17(28)16-13(20)3-2-4-14(16)21/h2-9H,1H3,(H,22,27)(H,23,25,28). The van der Waals surface area contributed by atoms with E-state index >= 15 is 0 Å². The zero-order valence-corrected chi connectivity index (χ0v) is 16.5. The Labute approximate surface area is 173 Å². The number of nitrogens with one attached hydrogen (secondary N) is 2. The van der Waals surface area contributed by atoms with Gasteiger partial charge in [-0.1, -0.05) is 29.8 Å². The monoisotopic (exact) mass is 429 g/mol. The van der Waals surface area contributed by atoms with Gasteiger partial charge in [0.05, 0.1) is 16.3 Å². The van der Waals surface area contributed by atoms with Crippen molar-refractivity contribution in [3.05, 3.63) is 64.2 Å².